The Morgan fingerprint density at radius 2 is 1.66 bits per heavy atom. The van der Waals surface area contributed by atoms with Crippen molar-refractivity contribution in [2.45, 2.75) is 17.6 Å². The number of hydrogen-bond donors (Lipinski definition) is 2. The molecule has 0 aliphatic heterocycles. The minimum Gasteiger partial charge on any atom is -0.331 e. The first-order valence-corrected chi connectivity index (χ1v) is 13.3. The van der Waals surface area contributed by atoms with Gasteiger partial charge in [0.15, 0.2) is 0 Å². The van der Waals surface area contributed by atoms with Gasteiger partial charge in [-0.05, 0) is 48.5 Å². The number of alkyl halides is 3. The number of halogens is 5. The van der Waals surface area contributed by atoms with Crippen molar-refractivity contribution >= 4 is 26.8 Å². The lowest BCUT2D eigenvalue weighted by atomic mass is 10.0. The van der Waals surface area contributed by atoms with E-state index in [2.05, 4.69) is 4.98 Å². The van der Waals surface area contributed by atoms with E-state index in [1.807, 2.05) is 4.72 Å². The molecule has 5 aromatic rings. The van der Waals surface area contributed by atoms with Gasteiger partial charge in [-0.25, -0.2) is 21.9 Å². The molecule has 0 aliphatic carbocycles. The lowest BCUT2D eigenvalue weighted by molar-refractivity contribution is -0.137. The number of fused-ring (bicyclic) bond motifs is 1. The van der Waals surface area contributed by atoms with Crippen LogP contribution in [0, 0.1) is 11.6 Å². The van der Waals surface area contributed by atoms with Crippen LogP contribution in [0.2, 0.25) is 0 Å². The summed E-state index contributed by atoms with van der Waals surface area (Å²) in [6, 6.07) is 14.6. The first-order chi connectivity index (χ1) is 19.4. The molecule has 0 fully saturated rings. The van der Waals surface area contributed by atoms with Crippen LogP contribution in [0.4, 0.5) is 22.0 Å². The van der Waals surface area contributed by atoms with Gasteiger partial charge in [-0.15, -0.1) is 0 Å². The summed E-state index contributed by atoms with van der Waals surface area (Å²) in [5, 5.41) is -0.221. The Morgan fingerprint density at radius 1 is 0.927 bits per heavy atom. The van der Waals surface area contributed by atoms with Crippen molar-refractivity contribution in [2.24, 2.45) is 0 Å². The zero-order valence-corrected chi connectivity index (χ0v) is 21.5. The minimum absolute atomic E-state index is 0.0396. The van der Waals surface area contributed by atoms with Crippen LogP contribution < -0.4 is 10.3 Å². The quantitative estimate of drug-likeness (QED) is 0.258. The second kappa shape index (κ2) is 10.3. The van der Waals surface area contributed by atoms with Crippen LogP contribution >= 0.6 is 0 Å². The Hall–Kier alpha value is -4.78. The molecule has 2 N–H and O–H groups in total. The van der Waals surface area contributed by atoms with Gasteiger partial charge < -0.3 is 9.55 Å². The van der Waals surface area contributed by atoms with Crippen LogP contribution in [-0.4, -0.2) is 23.9 Å². The first kappa shape index (κ1) is 27.8. The van der Waals surface area contributed by atoms with E-state index in [1.54, 1.807) is 6.07 Å². The first-order valence-electron chi connectivity index (χ1n) is 11.8. The largest absolute Gasteiger partial charge is 0.416 e. The molecule has 5 rings (SSSR count). The summed E-state index contributed by atoms with van der Waals surface area (Å²) < 4.78 is 98.5. The number of nitrogens with one attached hydrogen (secondary N) is 2. The van der Waals surface area contributed by atoms with Crippen LogP contribution in [-0.2, 0) is 22.7 Å². The Labute approximate surface area is 228 Å². The van der Waals surface area contributed by atoms with Gasteiger partial charge in [0.25, 0.3) is 21.5 Å². The average molecular weight is 588 g/mol. The molecule has 0 bridgehead atoms. The predicted molar refractivity (Wildman–Crippen MR) is 140 cm³/mol. The number of benzene rings is 3. The molecule has 0 atom stereocenters. The Balaban J connectivity index is 1.83. The number of aromatic nitrogens is 2. The highest BCUT2D eigenvalue weighted by Gasteiger charge is 2.34. The molecular formula is C28H18F5N3O4S. The van der Waals surface area contributed by atoms with Crippen LogP contribution in [0.3, 0.4) is 0 Å². The van der Waals surface area contributed by atoms with Crippen molar-refractivity contribution in [1.29, 1.82) is 0 Å². The van der Waals surface area contributed by atoms with Crippen molar-refractivity contribution < 1.29 is 35.2 Å². The number of hydrogen-bond acceptors (Lipinski definition) is 4. The standard InChI is InChI=1S/C28H18F5N3O4S/c29-18-10-8-16(22(30)14-18)15-36-23-11-9-17(28(31,32)33)13-21(23)24(20-7-4-12-34-26(20)37)25(36)27(38)35-41(39,40)19-5-2-1-3-6-19/h1-14H,15H2,(H,34,37)(H,35,38). The summed E-state index contributed by atoms with van der Waals surface area (Å²) in [5.74, 6) is -3.19. The zero-order chi connectivity index (χ0) is 29.5. The van der Waals surface area contributed by atoms with Crippen molar-refractivity contribution in [3.05, 3.63) is 124 Å². The zero-order valence-electron chi connectivity index (χ0n) is 20.7. The average Bonchev–Trinajstić information content (AvgIpc) is 3.23. The Kier molecular flexibility index (Phi) is 6.99. The molecule has 0 aliphatic rings. The van der Waals surface area contributed by atoms with Gasteiger partial charge >= 0.3 is 6.18 Å². The van der Waals surface area contributed by atoms with Crippen LogP contribution in [0.15, 0.2) is 94.7 Å². The summed E-state index contributed by atoms with van der Waals surface area (Å²) in [5.41, 5.74) is -3.16. The molecule has 0 radical (unpaired) electrons. The third-order valence-corrected chi connectivity index (χ3v) is 7.66. The molecule has 2 heterocycles. The van der Waals surface area contributed by atoms with Gasteiger partial charge in [-0.3, -0.25) is 9.59 Å². The fourth-order valence-electron chi connectivity index (χ4n) is 4.47. The van der Waals surface area contributed by atoms with E-state index in [-0.39, 0.29) is 32.5 Å². The Morgan fingerprint density at radius 3 is 2.32 bits per heavy atom. The van der Waals surface area contributed by atoms with E-state index in [0.717, 1.165) is 34.9 Å². The van der Waals surface area contributed by atoms with Crippen molar-refractivity contribution in [1.82, 2.24) is 14.3 Å². The number of nitrogens with zero attached hydrogens (tertiary/aromatic N) is 1. The summed E-state index contributed by atoms with van der Waals surface area (Å²) in [6.45, 7) is -0.521. The third-order valence-electron chi connectivity index (χ3n) is 6.32. The maximum atomic E-state index is 14.7. The third kappa shape index (κ3) is 5.35. The molecule has 210 valence electrons. The second-order valence-electron chi connectivity index (χ2n) is 8.94. The molecule has 7 nitrogen and oxygen atoms in total. The van der Waals surface area contributed by atoms with Gasteiger partial charge in [0.05, 0.1) is 17.0 Å². The molecule has 41 heavy (non-hydrogen) atoms. The molecule has 0 unspecified atom stereocenters. The minimum atomic E-state index is -4.81. The molecule has 2 aromatic heterocycles. The highest BCUT2D eigenvalue weighted by atomic mass is 32.2. The van der Waals surface area contributed by atoms with Gasteiger partial charge in [0.2, 0.25) is 0 Å². The summed E-state index contributed by atoms with van der Waals surface area (Å²) in [4.78, 5) is 28.7. The summed E-state index contributed by atoms with van der Waals surface area (Å²) in [7, 11) is -4.49. The number of aromatic amines is 1. The second-order valence-corrected chi connectivity index (χ2v) is 10.6. The highest BCUT2D eigenvalue weighted by Crippen LogP contribution is 2.39. The monoisotopic (exact) mass is 587 g/mol. The lowest BCUT2D eigenvalue weighted by Gasteiger charge is -2.14. The van der Waals surface area contributed by atoms with Crippen molar-refractivity contribution in [3.63, 3.8) is 0 Å². The number of rotatable bonds is 6. The van der Waals surface area contributed by atoms with E-state index in [0.29, 0.717) is 6.07 Å². The van der Waals surface area contributed by atoms with Gasteiger partial charge in [-0.1, -0.05) is 24.3 Å². The molecule has 0 spiro atoms. The number of carbonyl (C=O) groups excluding carboxylic acids is 1. The number of carbonyl (C=O) groups is 1. The number of amides is 1. The van der Waals surface area contributed by atoms with Crippen molar-refractivity contribution in [2.75, 3.05) is 0 Å². The van der Waals surface area contributed by atoms with Crippen molar-refractivity contribution in [3.8, 4) is 11.1 Å². The number of H-pyrrole nitrogens is 1. The van der Waals surface area contributed by atoms with Crippen LogP contribution in [0.1, 0.15) is 21.6 Å². The molecule has 0 saturated carbocycles. The summed E-state index contributed by atoms with van der Waals surface area (Å²) in [6.07, 6.45) is -3.54. The smallest absolute Gasteiger partial charge is 0.331 e. The van der Waals surface area contributed by atoms with E-state index in [4.69, 9.17) is 0 Å². The highest BCUT2D eigenvalue weighted by molar-refractivity contribution is 7.90. The fraction of sp³-hybridized carbons (Fsp3) is 0.0714. The Bertz CT molecular complexity index is 1970. The maximum Gasteiger partial charge on any atom is 0.416 e. The fourth-order valence-corrected chi connectivity index (χ4v) is 5.45. The SMILES string of the molecule is O=C(NS(=O)(=O)c1ccccc1)c1c(-c2ccc[nH]c2=O)c2cc(C(F)(F)F)ccc2n1Cc1ccc(F)cc1F. The topological polar surface area (TPSA) is 101 Å². The molecule has 13 heteroatoms. The summed E-state index contributed by atoms with van der Waals surface area (Å²) >= 11 is 0. The van der Waals surface area contributed by atoms with Gasteiger partial charge in [0.1, 0.15) is 17.3 Å². The lowest BCUT2D eigenvalue weighted by Crippen LogP contribution is -2.33. The van der Waals surface area contributed by atoms with E-state index in [9.17, 15) is 40.0 Å². The molecular weight excluding hydrogens is 569 g/mol. The number of pyridine rings is 1. The van der Waals surface area contributed by atoms with Crippen LogP contribution in [0.5, 0.6) is 0 Å². The number of sulfonamides is 1. The van der Waals surface area contributed by atoms with Crippen LogP contribution in [0.25, 0.3) is 22.0 Å². The van der Waals surface area contributed by atoms with E-state index < -0.39 is 57.1 Å². The normalized spacial score (nSPS) is 12.0. The van der Waals surface area contributed by atoms with E-state index >= 15 is 0 Å². The van der Waals surface area contributed by atoms with Gasteiger partial charge in [-0.2, -0.15) is 13.2 Å². The van der Waals surface area contributed by atoms with E-state index in [1.165, 1.54) is 42.6 Å². The molecule has 3 aromatic carbocycles. The maximum absolute atomic E-state index is 14.7. The predicted octanol–water partition coefficient (Wildman–Crippen LogP) is 5.46. The molecule has 0 saturated heterocycles. The van der Waals surface area contributed by atoms with Gasteiger partial charge in [0, 0.05) is 39.9 Å². The molecule has 1 amide bonds.